The molecule has 0 atom stereocenters. The van der Waals surface area contributed by atoms with E-state index in [-0.39, 0.29) is 35.1 Å². The first-order valence-corrected chi connectivity index (χ1v) is 16.5. The third kappa shape index (κ3) is 19.1. The van der Waals surface area contributed by atoms with Gasteiger partial charge in [-0.1, -0.05) is 13.8 Å². The van der Waals surface area contributed by atoms with E-state index in [0.717, 1.165) is 12.1 Å². The van der Waals surface area contributed by atoms with Gasteiger partial charge in [0.15, 0.2) is 0 Å². The lowest BCUT2D eigenvalue weighted by molar-refractivity contribution is -0.0745. The van der Waals surface area contributed by atoms with Crippen LogP contribution in [0.25, 0.3) is 0 Å². The van der Waals surface area contributed by atoms with Crippen molar-refractivity contribution in [3.8, 4) is 0 Å². The van der Waals surface area contributed by atoms with Gasteiger partial charge in [-0.25, -0.2) is 0 Å². The molecule has 0 spiro atoms. The van der Waals surface area contributed by atoms with Gasteiger partial charge in [0.05, 0.1) is 16.8 Å². The quantitative estimate of drug-likeness (QED) is 0.267. The second-order valence-corrected chi connectivity index (χ2v) is 17.7. The molecule has 0 aliphatic carbocycles. The highest BCUT2D eigenvalue weighted by molar-refractivity contribution is 6.61. The second kappa shape index (κ2) is 14.1. The van der Waals surface area contributed by atoms with Gasteiger partial charge >= 0.3 is 17.6 Å². The number of rotatable bonds is 11. The van der Waals surface area contributed by atoms with Crippen molar-refractivity contribution in [2.45, 2.75) is 165 Å². The molecule has 0 N–H and O–H groups in total. The summed E-state index contributed by atoms with van der Waals surface area (Å²) in [5.74, 6) is 0. The second-order valence-electron chi connectivity index (χ2n) is 12.2. The van der Waals surface area contributed by atoms with Gasteiger partial charge < -0.3 is 26.6 Å². The predicted molar refractivity (Wildman–Crippen MR) is 144 cm³/mol. The van der Waals surface area contributed by atoms with Crippen LogP contribution < -0.4 is 0 Å². The Kier molecular flexibility index (Phi) is 15.1. The van der Waals surface area contributed by atoms with Crippen LogP contribution in [0.4, 0.5) is 0 Å². The minimum Gasteiger partial charge on any atom is -0.371 e. The zero-order chi connectivity index (χ0) is 26.9. The van der Waals surface area contributed by atoms with Gasteiger partial charge in [0, 0.05) is 30.4 Å². The van der Waals surface area contributed by atoms with E-state index in [1.165, 1.54) is 0 Å². The average molecular weight is 511 g/mol. The molecule has 0 rings (SSSR count). The van der Waals surface area contributed by atoms with Gasteiger partial charge in [-0.2, -0.15) is 0 Å². The summed E-state index contributed by atoms with van der Waals surface area (Å²) < 4.78 is 36.4. The van der Waals surface area contributed by atoms with Crippen LogP contribution in [-0.4, -0.2) is 52.7 Å². The summed E-state index contributed by atoms with van der Waals surface area (Å²) >= 11 is 0. The largest absolute Gasteiger partial charge is 0.501 e. The van der Waals surface area contributed by atoms with E-state index in [1.807, 2.05) is 104 Å². The molecule has 202 valence electrons. The van der Waals surface area contributed by atoms with E-state index in [9.17, 15) is 0 Å². The molecular weight excluding hydrogens is 452 g/mol. The Morgan fingerprint density at radius 3 is 0.788 bits per heavy atom. The van der Waals surface area contributed by atoms with Crippen LogP contribution in [0.2, 0.25) is 12.1 Å². The Morgan fingerprint density at radius 2 is 0.667 bits per heavy atom. The summed E-state index contributed by atoms with van der Waals surface area (Å²) in [5.41, 5.74) is -0.795. The van der Waals surface area contributed by atoms with Crippen LogP contribution in [-0.2, 0) is 26.6 Å². The minimum absolute atomic E-state index is 0.147. The highest BCUT2D eigenvalue weighted by atomic mass is 28.4. The summed E-state index contributed by atoms with van der Waals surface area (Å²) in [6, 6.07) is 1.60. The summed E-state index contributed by atoms with van der Waals surface area (Å²) in [6.45, 7) is 34.7. The molecule has 0 amide bonds. The number of hydrogen-bond donors (Lipinski definition) is 0. The molecule has 0 aromatic heterocycles. The Morgan fingerprint density at radius 1 is 0.455 bits per heavy atom. The average Bonchev–Trinajstić information content (AvgIpc) is 2.48. The highest BCUT2D eigenvalue weighted by Gasteiger charge is 2.48. The van der Waals surface area contributed by atoms with Crippen LogP contribution in [0.15, 0.2) is 0 Å². The molecule has 0 unspecified atom stereocenters. The van der Waals surface area contributed by atoms with E-state index >= 15 is 0 Å². The first kappa shape index (κ1) is 35.4. The zero-order valence-corrected chi connectivity index (χ0v) is 27.1. The zero-order valence-electron chi connectivity index (χ0n) is 25.1. The standard InChI is InChI=1S/C14H32O3Si.C11H26O3Si/c1-11-18(15-12(2,3)4,16-13(5,6)7)17-14(8,9)10;1-8-15(12-9(2)3,13-10(4)5)14-11(6)7/h11H2,1-10H3;9-11H,8H2,1-7H3. The molecule has 33 heavy (non-hydrogen) atoms. The fourth-order valence-electron chi connectivity index (χ4n) is 3.09. The van der Waals surface area contributed by atoms with E-state index in [2.05, 4.69) is 13.8 Å². The monoisotopic (exact) mass is 510 g/mol. The van der Waals surface area contributed by atoms with Crippen molar-refractivity contribution in [1.82, 2.24) is 0 Å². The Balaban J connectivity index is 0. The molecule has 0 saturated carbocycles. The van der Waals surface area contributed by atoms with Gasteiger partial charge in [-0.15, -0.1) is 0 Å². The lowest BCUT2D eigenvalue weighted by Crippen LogP contribution is -2.56. The van der Waals surface area contributed by atoms with E-state index in [1.54, 1.807) is 0 Å². The summed E-state index contributed by atoms with van der Waals surface area (Å²) in [4.78, 5) is 0. The maximum Gasteiger partial charge on any atom is 0.501 e. The number of hydrogen-bond acceptors (Lipinski definition) is 6. The van der Waals surface area contributed by atoms with Gasteiger partial charge in [0.25, 0.3) is 0 Å². The first-order valence-electron chi connectivity index (χ1n) is 12.6. The van der Waals surface area contributed by atoms with Crippen molar-refractivity contribution in [2.75, 3.05) is 0 Å². The fourth-order valence-corrected chi connectivity index (χ4v) is 9.27. The molecule has 0 aliphatic heterocycles. The molecule has 8 heteroatoms. The summed E-state index contributed by atoms with van der Waals surface area (Å²) in [6.07, 6.45) is 0.442. The summed E-state index contributed by atoms with van der Waals surface area (Å²) in [5, 5.41) is 0. The Labute approximate surface area is 209 Å². The predicted octanol–water partition coefficient (Wildman–Crippen LogP) is 7.61. The van der Waals surface area contributed by atoms with Gasteiger partial charge in [0.1, 0.15) is 0 Å². The van der Waals surface area contributed by atoms with Crippen molar-refractivity contribution in [2.24, 2.45) is 0 Å². The molecule has 0 aromatic rings. The van der Waals surface area contributed by atoms with Crippen molar-refractivity contribution in [3.05, 3.63) is 0 Å². The third-order valence-electron chi connectivity index (χ3n) is 3.50. The van der Waals surface area contributed by atoms with Crippen LogP contribution in [0.1, 0.15) is 118 Å². The maximum absolute atomic E-state index is 6.22. The van der Waals surface area contributed by atoms with Crippen molar-refractivity contribution in [1.29, 1.82) is 0 Å². The Bertz CT molecular complexity index is 449. The van der Waals surface area contributed by atoms with Crippen molar-refractivity contribution >= 4 is 17.6 Å². The van der Waals surface area contributed by atoms with Crippen molar-refractivity contribution in [3.63, 3.8) is 0 Å². The topological polar surface area (TPSA) is 55.4 Å². The van der Waals surface area contributed by atoms with Gasteiger partial charge in [-0.3, -0.25) is 0 Å². The van der Waals surface area contributed by atoms with Gasteiger partial charge in [0.2, 0.25) is 0 Å². The Hall–Kier alpha value is 0.194. The van der Waals surface area contributed by atoms with Crippen LogP contribution in [0.5, 0.6) is 0 Å². The van der Waals surface area contributed by atoms with Crippen LogP contribution in [0.3, 0.4) is 0 Å². The smallest absolute Gasteiger partial charge is 0.371 e. The SMILES string of the molecule is CC[Si](OC(C)(C)C)(OC(C)(C)C)OC(C)(C)C.CC[Si](OC(C)C)(OC(C)C)OC(C)C. The van der Waals surface area contributed by atoms with Crippen molar-refractivity contribution < 1.29 is 26.6 Å². The van der Waals surface area contributed by atoms with E-state index in [4.69, 9.17) is 26.6 Å². The van der Waals surface area contributed by atoms with Crippen LogP contribution in [0, 0.1) is 0 Å². The molecule has 0 saturated heterocycles. The van der Waals surface area contributed by atoms with E-state index < -0.39 is 17.6 Å². The first-order chi connectivity index (χ1) is 14.5. The molecule has 0 fully saturated rings. The normalized spacial score (nSPS) is 14.2. The molecule has 0 radical (unpaired) electrons. The lowest BCUT2D eigenvalue weighted by Gasteiger charge is -2.42. The fraction of sp³-hybridized carbons (Fsp3) is 1.00. The molecule has 0 aliphatic rings. The third-order valence-corrected chi connectivity index (χ3v) is 10.5. The molecule has 0 aromatic carbocycles. The highest BCUT2D eigenvalue weighted by Crippen LogP contribution is 2.31. The van der Waals surface area contributed by atoms with Crippen LogP contribution >= 0.6 is 0 Å². The van der Waals surface area contributed by atoms with E-state index in [0.29, 0.717) is 0 Å². The lowest BCUT2D eigenvalue weighted by atomic mass is 10.2. The maximum atomic E-state index is 6.22. The molecule has 6 nitrogen and oxygen atoms in total. The summed E-state index contributed by atoms with van der Waals surface area (Å²) in [7, 11) is -5.13. The minimum atomic E-state index is -2.68. The molecule has 0 heterocycles. The molecule has 0 bridgehead atoms. The molecular formula is C25H58O6Si2. The van der Waals surface area contributed by atoms with Gasteiger partial charge in [-0.05, 0) is 104 Å².